The summed E-state index contributed by atoms with van der Waals surface area (Å²) < 4.78 is 0. The van der Waals surface area contributed by atoms with Crippen molar-refractivity contribution in [2.75, 3.05) is 19.4 Å². The van der Waals surface area contributed by atoms with Gasteiger partial charge in [-0.2, -0.15) is 5.10 Å². The normalized spacial score (nSPS) is 10.9. The molecule has 3 aromatic rings. The van der Waals surface area contributed by atoms with E-state index in [0.717, 1.165) is 22.4 Å². The molecule has 0 saturated carbocycles. The van der Waals surface area contributed by atoms with E-state index in [1.807, 2.05) is 43.4 Å². The van der Waals surface area contributed by atoms with Gasteiger partial charge in [0.15, 0.2) is 0 Å². The molecule has 0 aliphatic heterocycles. The fraction of sp³-hybridized carbons (Fsp3) is 0.158. The fourth-order valence-corrected chi connectivity index (χ4v) is 2.72. The van der Waals surface area contributed by atoms with Crippen LogP contribution in [0.4, 0.5) is 5.69 Å². The van der Waals surface area contributed by atoms with Gasteiger partial charge in [0, 0.05) is 34.6 Å². The van der Waals surface area contributed by atoms with Crippen molar-refractivity contribution in [3.05, 3.63) is 71.0 Å². The van der Waals surface area contributed by atoms with E-state index in [0.29, 0.717) is 17.1 Å². The second-order valence-corrected chi connectivity index (χ2v) is 6.47. The van der Waals surface area contributed by atoms with E-state index in [2.05, 4.69) is 15.5 Å². The van der Waals surface area contributed by atoms with Gasteiger partial charge < -0.3 is 10.2 Å². The van der Waals surface area contributed by atoms with Gasteiger partial charge >= 0.3 is 0 Å². The third kappa shape index (κ3) is 4.26. The smallest absolute Gasteiger partial charge is 0.255 e. The van der Waals surface area contributed by atoms with E-state index in [4.69, 9.17) is 11.6 Å². The third-order valence-corrected chi connectivity index (χ3v) is 4.14. The van der Waals surface area contributed by atoms with Crippen molar-refractivity contribution in [3.63, 3.8) is 0 Å². The molecule has 0 aliphatic rings. The molecule has 0 saturated heterocycles. The quantitative estimate of drug-likeness (QED) is 0.726. The van der Waals surface area contributed by atoms with Crippen molar-refractivity contribution < 1.29 is 4.79 Å². The Balaban J connectivity index is 1.74. The maximum Gasteiger partial charge on any atom is 0.255 e. The number of halogens is 1. The average Bonchev–Trinajstić information content (AvgIpc) is 3.12. The predicted octanol–water partition coefficient (Wildman–Crippen LogP) is 4.04. The number of hydrogen-bond acceptors (Lipinski definition) is 3. The van der Waals surface area contributed by atoms with Crippen molar-refractivity contribution in [1.29, 1.82) is 0 Å². The molecule has 1 amide bonds. The molecule has 0 fully saturated rings. The van der Waals surface area contributed by atoms with E-state index in [-0.39, 0.29) is 5.91 Å². The summed E-state index contributed by atoms with van der Waals surface area (Å²) in [4.78, 5) is 14.5. The summed E-state index contributed by atoms with van der Waals surface area (Å²) in [6.45, 7) is 0.710. The van der Waals surface area contributed by atoms with Crippen LogP contribution in [0.25, 0.3) is 11.1 Å². The van der Waals surface area contributed by atoms with Crippen LogP contribution in [0.2, 0.25) is 5.02 Å². The van der Waals surface area contributed by atoms with Crippen LogP contribution in [0.1, 0.15) is 15.9 Å². The van der Waals surface area contributed by atoms with Crippen molar-refractivity contribution >= 4 is 23.2 Å². The number of benzene rings is 2. The topological polar surface area (TPSA) is 61.0 Å². The molecule has 2 aromatic carbocycles. The van der Waals surface area contributed by atoms with Crippen molar-refractivity contribution in [2.45, 2.75) is 6.54 Å². The van der Waals surface area contributed by atoms with Crippen LogP contribution in [0.3, 0.4) is 0 Å². The van der Waals surface area contributed by atoms with Crippen LogP contribution in [0.5, 0.6) is 0 Å². The average molecular weight is 355 g/mol. The number of aromatic nitrogens is 2. The Morgan fingerprint density at radius 2 is 1.92 bits per heavy atom. The highest BCUT2D eigenvalue weighted by Crippen LogP contribution is 2.23. The summed E-state index contributed by atoms with van der Waals surface area (Å²) >= 11 is 6.21. The minimum absolute atomic E-state index is 0.156. The number of anilines is 1. The minimum atomic E-state index is -0.156. The Morgan fingerprint density at radius 3 is 2.56 bits per heavy atom. The molecule has 0 aliphatic carbocycles. The number of rotatable bonds is 5. The van der Waals surface area contributed by atoms with E-state index < -0.39 is 0 Å². The molecular weight excluding hydrogens is 336 g/mol. The number of nitrogens with one attached hydrogen (secondary N) is 2. The van der Waals surface area contributed by atoms with Crippen molar-refractivity contribution in [3.8, 4) is 11.1 Å². The summed E-state index contributed by atoms with van der Waals surface area (Å²) in [7, 11) is 3.95. The fourth-order valence-electron chi connectivity index (χ4n) is 2.54. The van der Waals surface area contributed by atoms with E-state index in [1.54, 1.807) is 30.5 Å². The molecule has 0 spiro atoms. The number of carbonyl (C=O) groups is 1. The number of carbonyl (C=O) groups excluding carboxylic acids is 1. The molecular formula is C19H19ClN4O. The number of hydrogen-bond donors (Lipinski definition) is 2. The van der Waals surface area contributed by atoms with Crippen LogP contribution in [-0.4, -0.2) is 35.1 Å². The summed E-state index contributed by atoms with van der Waals surface area (Å²) in [5, 5.41) is 10.3. The lowest BCUT2D eigenvalue weighted by Crippen LogP contribution is -2.14. The first kappa shape index (κ1) is 17.2. The molecule has 6 heteroatoms. The van der Waals surface area contributed by atoms with Gasteiger partial charge in [-0.25, -0.2) is 0 Å². The Morgan fingerprint density at radius 1 is 1.16 bits per heavy atom. The maximum atomic E-state index is 12.5. The third-order valence-electron chi connectivity index (χ3n) is 3.77. The molecule has 25 heavy (non-hydrogen) atoms. The standard InChI is InChI=1S/C19H19ClN4O/c1-24(2)12-15-9-17(7-8-18(15)20)23-19(25)14-5-3-13(4-6-14)16-10-21-22-11-16/h3-11H,12H2,1-2H3,(H,21,22)(H,23,25). The highest BCUT2D eigenvalue weighted by molar-refractivity contribution is 6.31. The number of nitrogens with zero attached hydrogens (tertiary/aromatic N) is 2. The second kappa shape index (κ2) is 7.51. The molecule has 2 N–H and O–H groups in total. The monoisotopic (exact) mass is 354 g/mol. The molecule has 1 heterocycles. The molecule has 0 bridgehead atoms. The van der Waals surface area contributed by atoms with Crippen LogP contribution in [-0.2, 0) is 6.54 Å². The summed E-state index contributed by atoms with van der Waals surface area (Å²) in [5.74, 6) is -0.156. The number of amides is 1. The van der Waals surface area contributed by atoms with Crippen LogP contribution < -0.4 is 5.32 Å². The largest absolute Gasteiger partial charge is 0.322 e. The Kier molecular flexibility index (Phi) is 5.16. The first-order chi connectivity index (χ1) is 12.0. The Bertz CT molecular complexity index is 858. The van der Waals surface area contributed by atoms with Gasteiger partial charge in [0.25, 0.3) is 5.91 Å². The Hall–Kier alpha value is -2.63. The van der Waals surface area contributed by atoms with Gasteiger partial charge in [0.05, 0.1) is 6.20 Å². The summed E-state index contributed by atoms with van der Waals surface area (Å²) in [5.41, 5.74) is 4.28. The zero-order valence-corrected chi connectivity index (χ0v) is 14.8. The van der Waals surface area contributed by atoms with Gasteiger partial charge in [0.2, 0.25) is 0 Å². The summed E-state index contributed by atoms with van der Waals surface area (Å²) in [6, 6.07) is 12.9. The second-order valence-electron chi connectivity index (χ2n) is 6.06. The SMILES string of the molecule is CN(C)Cc1cc(NC(=O)c2ccc(-c3cn[nH]c3)cc2)ccc1Cl. The van der Waals surface area contributed by atoms with Gasteiger partial charge in [-0.15, -0.1) is 0 Å². The lowest BCUT2D eigenvalue weighted by Gasteiger charge is -2.13. The van der Waals surface area contributed by atoms with Gasteiger partial charge in [-0.3, -0.25) is 9.89 Å². The molecule has 5 nitrogen and oxygen atoms in total. The summed E-state index contributed by atoms with van der Waals surface area (Å²) in [6.07, 6.45) is 3.56. The zero-order valence-electron chi connectivity index (χ0n) is 14.1. The van der Waals surface area contributed by atoms with Gasteiger partial charge in [0.1, 0.15) is 0 Å². The highest BCUT2D eigenvalue weighted by Gasteiger charge is 2.09. The van der Waals surface area contributed by atoms with E-state index in [9.17, 15) is 4.79 Å². The van der Waals surface area contributed by atoms with E-state index in [1.165, 1.54) is 0 Å². The number of aromatic amines is 1. The molecule has 0 radical (unpaired) electrons. The van der Waals surface area contributed by atoms with Crippen LogP contribution in [0, 0.1) is 0 Å². The minimum Gasteiger partial charge on any atom is -0.322 e. The highest BCUT2D eigenvalue weighted by atomic mass is 35.5. The first-order valence-electron chi connectivity index (χ1n) is 7.86. The van der Waals surface area contributed by atoms with Crippen LogP contribution >= 0.6 is 11.6 Å². The lowest BCUT2D eigenvalue weighted by atomic mass is 10.1. The zero-order chi connectivity index (χ0) is 17.8. The molecule has 1 aromatic heterocycles. The van der Waals surface area contributed by atoms with Crippen molar-refractivity contribution in [1.82, 2.24) is 15.1 Å². The molecule has 128 valence electrons. The lowest BCUT2D eigenvalue weighted by molar-refractivity contribution is 0.102. The Labute approximate surface area is 151 Å². The van der Waals surface area contributed by atoms with Crippen molar-refractivity contribution in [2.24, 2.45) is 0 Å². The van der Waals surface area contributed by atoms with Gasteiger partial charge in [-0.05, 0) is 55.6 Å². The first-order valence-corrected chi connectivity index (χ1v) is 8.24. The maximum absolute atomic E-state index is 12.5. The predicted molar refractivity (Wildman–Crippen MR) is 101 cm³/mol. The van der Waals surface area contributed by atoms with E-state index >= 15 is 0 Å². The van der Waals surface area contributed by atoms with Gasteiger partial charge in [-0.1, -0.05) is 23.7 Å². The molecule has 0 unspecified atom stereocenters. The number of H-pyrrole nitrogens is 1. The molecule has 0 atom stereocenters. The molecule has 3 rings (SSSR count). The van der Waals surface area contributed by atoms with Crippen LogP contribution in [0.15, 0.2) is 54.9 Å².